The van der Waals surface area contributed by atoms with E-state index in [9.17, 15) is 14.4 Å². The van der Waals surface area contributed by atoms with Gasteiger partial charge in [0.05, 0.1) is 0 Å². The number of allylic oxidation sites excluding steroid dienone is 22. The predicted octanol–water partition coefficient (Wildman–Crippen LogP) is 22.9. The highest BCUT2D eigenvalue weighted by atomic mass is 16.6. The summed E-state index contributed by atoms with van der Waals surface area (Å²) in [5.41, 5.74) is 0. The molecule has 0 aliphatic rings. The molecule has 0 aromatic heterocycles. The van der Waals surface area contributed by atoms with Gasteiger partial charge in [-0.3, -0.25) is 14.4 Å². The molecule has 1 atom stereocenters. The molecular formula is C74H122O6. The summed E-state index contributed by atoms with van der Waals surface area (Å²) in [6, 6.07) is 0. The van der Waals surface area contributed by atoms with Crippen LogP contribution < -0.4 is 0 Å². The maximum absolute atomic E-state index is 12.9. The number of ether oxygens (including phenoxy) is 3. The molecule has 0 saturated carbocycles. The summed E-state index contributed by atoms with van der Waals surface area (Å²) >= 11 is 0. The van der Waals surface area contributed by atoms with E-state index in [4.69, 9.17) is 14.2 Å². The zero-order valence-electron chi connectivity index (χ0n) is 52.0. The van der Waals surface area contributed by atoms with E-state index in [2.05, 4.69) is 154 Å². The highest BCUT2D eigenvalue weighted by molar-refractivity contribution is 5.71. The van der Waals surface area contributed by atoms with E-state index in [0.29, 0.717) is 19.3 Å². The molecule has 0 bridgehead atoms. The van der Waals surface area contributed by atoms with Crippen molar-refractivity contribution in [1.82, 2.24) is 0 Å². The van der Waals surface area contributed by atoms with E-state index in [1.165, 1.54) is 109 Å². The van der Waals surface area contributed by atoms with Crippen LogP contribution in [0.4, 0.5) is 0 Å². The van der Waals surface area contributed by atoms with Gasteiger partial charge in [0.1, 0.15) is 13.2 Å². The quantitative estimate of drug-likeness (QED) is 0.0261. The number of rotatable bonds is 59. The summed E-state index contributed by atoms with van der Waals surface area (Å²) in [7, 11) is 0. The van der Waals surface area contributed by atoms with Crippen molar-refractivity contribution in [2.24, 2.45) is 0 Å². The first-order valence-electron chi connectivity index (χ1n) is 33.2. The fraction of sp³-hybridized carbons (Fsp3) is 0.662. The van der Waals surface area contributed by atoms with Crippen LogP contribution >= 0.6 is 0 Å². The smallest absolute Gasteiger partial charge is 0.306 e. The summed E-state index contributed by atoms with van der Waals surface area (Å²) in [6.45, 7) is 6.38. The van der Waals surface area contributed by atoms with Crippen molar-refractivity contribution in [3.05, 3.63) is 134 Å². The Labute approximate surface area is 494 Å². The second-order valence-corrected chi connectivity index (χ2v) is 21.6. The Morgan fingerprint density at radius 3 is 0.762 bits per heavy atom. The molecule has 0 fully saturated rings. The van der Waals surface area contributed by atoms with Crippen molar-refractivity contribution in [3.63, 3.8) is 0 Å². The molecule has 0 aliphatic carbocycles. The van der Waals surface area contributed by atoms with Crippen molar-refractivity contribution in [2.75, 3.05) is 13.2 Å². The Morgan fingerprint density at radius 2 is 0.487 bits per heavy atom. The van der Waals surface area contributed by atoms with Gasteiger partial charge in [-0.05, 0) is 116 Å². The van der Waals surface area contributed by atoms with Crippen molar-refractivity contribution in [2.45, 2.75) is 303 Å². The molecule has 454 valence electrons. The van der Waals surface area contributed by atoms with Crippen LogP contribution in [0.2, 0.25) is 0 Å². The minimum atomic E-state index is -0.789. The lowest BCUT2D eigenvalue weighted by molar-refractivity contribution is -0.167. The lowest BCUT2D eigenvalue weighted by atomic mass is 10.0. The van der Waals surface area contributed by atoms with Gasteiger partial charge in [-0.2, -0.15) is 0 Å². The van der Waals surface area contributed by atoms with Crippen molar-refractivity contribution in [1.29, 1.82) is 0 Å². The van der Waals surface area contributed by atoms with Gasteiger partial charge < -0.3 is 14.2 Å². The highest BCUT2D eigenvalue weighted by Gasteiger charge is 2.19. The van der Waals surface area contributed by atoms with Gasteiger partial charge in [0.25, 0.3) is 0 Å². The second-order valence-electron chi connectivity index (χ2n) is 21.6. The first kappa shape index (κ1) is 75.5. The molecule has 0 N–H and O–H groups in total. The number of carbonyl (C=O) groups excluding carboxylic acids is 3. The van der Waals surface area contributed by atoms with Crippen LogP contribution in [0.1, 0.15) is 297 Å². The van der Waals surface area contributed by atoms with Crippen molar-refractivity contribution >= 4 is 17.9 Å². The van der Waals surface area contributed by atoms with Crippen LogP contribution in [0.3, 0.4) is 0 Å². The Kier molecular flexibility index (Phi) is 63.3. The standard InChI is InChI=1S/C74H122O6/c1-4-7-10-13-16-19-21-23-25-27-29-31-33-35-37-39-41-43-45-47-49-51-53-55-58-61-64-67-73(76)79-70-71(69-78-72(75)66-63-60-57-18-15-12-9-6-3)80-74(77)68-65-62-59-56-54-52-50-48-46-44-42-40-38-36-34-32-30-28-26-24-22-20-17-14-11-8-5-2/h7-8,10-11,16-17,19-20,23-26,29-32,35,37,41,43,47,49,71H,4-6,9,12-15,18,21-22,27-28,33-34,36,38-40,42,44-46,48,50-70H2,1-3H3/b10-7-,11-8-,19-16-,20-17-,25-23-,26-24-,31-29-,32-30-,37-35-,43-41-,49-47-. The predicted molar refractivity (Wildman–Crippen MR) is 348 cm³/mol. The Hall–Kier alpha value is -4.45. The van der Waals surface area contributed by atoms with Crippen molar-refractivity contribution < 1.29 is 28.6 Å². The Balaban J connectivity index is 4.22. The summed E-state index contributed by atoms with van der Waals surface area (Å²) < 4.78 is 16.9. The summed E-state index contributed by atoms with van der Waals surface area (Å²) in [4.78, 5) is 38.2. The minimum Gasteiger partial charge on any atom is -0.462 e. The number of hydrogen-bond donors (Lipinski definition) is 0. The largest absolute Gasteiger partial charge is 0.462 e. The molecular weight excluding hydrogens is 985 g/mol. The molecule has 0 aromatic rings. The first-order chi connectivity index (χ1) is 39.5. The van der Waals surface area contributed by atoms with Gasteiger partial charge in [-0.1, -0.05) is 296 Å². The van der Waals surface area contributed by atoms with E-state index in [1.54, 1.807) is 0 Å². The zero-order valence-corrected chi connectivity index (χ0v) is 52.0. The topological polar surface area (TPSA) is 78.9 Å². The third-order valence-corrected chi connectivity index (χ3v) is 13.9. The average Bonchev–Trinajstić information content (AvgIpc) is 3.46. The van der Waals surface area contributed by atoms with E-state index >= 15 is 0 Å². The number of unbranched alkanes of at least 4 members (excludes halogenated alkanes) is 26. The van der Waals surface area contributed by atoms with E-state index in [0.717, 1.165) is 148 Å². The Morgan fingerprint density at radius 1 is 0.263 bits per heavy atom. The SMILES string of the molecule is CC/C=C\C/C=C\C/C=C\C/C=C\C/C=C\C/C=C\C/C=C\CCCCCCCC(=O)OCC(COC(=O)CCCCCCCCCC)OC(=O)CCCCCCCCCCCCCCCC/C=C\C/C=C\C/C=C\C/C=C\CC. The van der Waals surface area contributed by atoms with Crippen LogP contribution in [0.5, 0.6) is 0 Å². The molecule has 0 rings (SSSR count). The molecule has 0 aliphatic heterocycles. The van der Waals surface area contributed by atoms with Crippen LogP contribution in [0.15, 0.2) is 134 Å². The van der Waals surface area contributed by atoms with Crippen LogP contribution in [-0.2, 0) is 28.6 Å². The molecule has 0 aromatic carbocycles. The van der Waals surface area contributed by atoms with Crippen molar-refractivity contribution in [3.8, 4) is 0 Å². The second kappa shape index (κ2) is 67.1. The van der Waals surface area contributed by atoms with E-state index in [-0.39, 0.29) is 31.1 Å². The Bertz CT molecular complexity index is 1700. The molecule has 0 saturated heterocycles. The average molecular weight is 1110 g/mol. The zero-order chi connectivity index (χ0) is 57.8. The van der Waals surface area contributed by atoms with Gasteiger partial charge >= 0.3 is 17.9 Å². The lowest BCUT2D eigenvalue weighted by Gasteiger charge is -2.18. The summed E-state index contributed by atoms with van der Waals surface area (Å²) in [5.74, 6) is -0.906. The summed E-state index contributed by atoms with van der Waals surface area (Å²) in [6.07, 6.45) is 94.8. The van der Waals surface area contributed by atoms with E-state index in [1.807, 2.05) is 0 Å². The van der Waals surface area contributed by atoms with Gasteiger partial charge in [-0.15, -0.1) is 0 Å². The fourth-order valence-corrected chi connectivity index (χ4v) is 9.00. The van der Waals surface area contributed by atoms with Gasteiger partial charge in [0.15, 0.2) is 6.10 Å². The van der Waals surface area contributed by atoms with Crippen LogP contribution in [-0.4, -0.2) is 37.2 Å². The monoisotopic (exact) mass is 1110 g/mol. The van der Waals surface area contributed by atoms with Gasteiger partial charge in [0.2, 0.25) is 0 Å². The van der Waals surface area contributed by atoms with Gasteiger partial charge in [-0.25, -0.2) is 0 Å². The molecule has 6 nitrogen and oxygen atoms in total. The normalized spacial score (nSPS) is 13.0. The third kappa shape index (κ3) is 64.4. The molecule has 0 heterocycles. The molecule has 1 unspecified atom stereocenters. The lowest BCUT2D eigenvalue weighted by Crippen LogP contribution is -2.30. The summed E-state index contributed by atoms with van der Waals surface area (Å²) in [5, 5.41) is 0. The number of carbonyl (C=O) groups is 3. The minimum absolute atomic E-state index is 0.0854. The van der Waals surface area contributed by atoms with Gasteiger partial charge in [0, 0.05) is 19.3 Å². The third-order valence-electron chi connectivity index (χ3n) is 13.9. The van der Waals surface area contributed by atoms with E-state index < -0.39 is 6.10 Å². The molecule has 0 radical (unpaired) electrons. The molecule has 6 heteroatoms. The molecule has 80 heavy (non-hydrogen) atoms. The number of esters is 3. The molecule has 0 spiro atoms. The highest BCUT2D eigenvalue weighted by Crippen LogP contribution is 2.16. The molecule has 0 amide bonds. The maximum atomic E-state index is 12.9. The number of hydrogen-bond acceptors (Lipinski definition) is 6. The maximum Gasteiger partial charge on any atom is 0.306 e. The van der Waals surface area contributed by atoms with Crippen LogP contribution in [0.25, 0.3) is 0 Å². The van der Waals surface area contributed by atoms with Crippen LogP contribution in [0, 0.1) is 0 Å². The fourth-order valence-electron chi connectivity index (χ4n) is 9.00. The first-order valence-corrected chi connectivity index (χ1v) is 33.2.